The van der Waals surface area contributed by atoms with Crippen LogP contribution in [-0.2, 0) is 7.05 Å². The Morgan fingerprint density at radius 1 is 1.18 bits per heavy atom. The van der Waals surface area contributed by atoms with Gasteiger partial charge in [0.05, 0.1) is 35.8 Å². The van der Waals surface area contributed by atoms with Gasteiger partial charge in [0.2, 0.25) is 0 Å². The van der Waals surface area contributed by atoms with Crippen LogP contribution in [-0.4, -0.2) is 45.1 Å². The summed E-state index contributed by atoms with van der Waals surface area (Å²) in [5.74, 6) is 1.40. The van der Waals surface area contributed by atoms with Crippen molar-refractivity contribution in [3.8, 4) is 22.6 Å². The lowest BCUT2D eigenvalue weighted by atomic mass is 10.1. The average molecular weight is 377 g/mol. The van der Waals surface area contributed by atoms with Crippen LogP contribution < -0.4 is 0 Å². The summed E-state index contributed by atoms with van der Waals surface area (Å²) in [4.78, 5) is 9.34. The van der Waals surface area contributed by atoms with Crippen molar-refractivity contribution in [3.63, 3.8) is 0 Å². The van der Waals surface area contributed by atoms with Crippen LogP contribution in [0.25, 0.3) is 28.3 Å². The van der Waals surface area contributed by atoms with Gasteiger partial charge in [-0.2, -0.15) is 10.2 Å². The van der Waals surface area contributed by atoms with Gasteiger partial charge in [-0.3, -0.25) is 13.8 Å². The molecule has 0 aromatic carbocycles. The number of aliphatic hydroxyl groups is 1. The van der Waals surface area contributed by atoms with Crippen LogP contribution in [0, 0.1) is 5.92 Å². The van der Waals surface area contributed by atoms with Crippen molar-refractivity contribution in [2.45, 2.75) is 38.3 Å². The highest BCUT2D eigenvalue weighted by Crippen LogP contribution is 2.42. The van der Waals surface area contributed by atoms with Crippen molar-refractivity contribution in [2.24, 2.45) is 13.0 Å². The molecule has 8 heteroatoms. The minimum absolute atomic E-state index is 0.230. The number of rotatable bonds is 6. The zero-order valence-electron chi connectivity index (χ0n) is 16.0. The zero-order chi connectivity index (χ0) is 19.3. The Morgan fingerprint density at radius 2 is 2.00 bits per heavy atom. The molecule has 8 nitrogen and oxygen atoms in total. The Hall–Kier alpha value is -3.00. The quantitative estimate of drug-likeness (QED) is 0.558. The normalized spacial score (nSPS) is 16.5. The molecule has 4 heterocycles. The zero-order valence-corrected chi connectivity index (χ0v) is 16.0. The van der Waals surface area contributed by atoms with Gasteiger partial charge < -0.3 is 5.11 Å². The first-order chi connectivity index (χ1) is 13.6. The van der Waals surface area contributed by atoms with E-state index in [-0.39, 0.29) is 12.1 Å². The molecule has 144 valence electrons. The monoisotopic (exact) mass is 377 g/mol. The number of aromatic nitrogens is 7. The van der Waals surface area contributed by atoms with E-state index in [1.807, 2.05) is 53.9 Å². The maximum Gasteiger partial charge on any atom is 0.149 e. The molecule has 2 unspecified atom stereocenters. The number of hydrogen-bond acceptors (Lipinski definition) is 5. The molecule has 5 rings (SSSR count). The lowest BCUT2D eigenvalue weighted by Crippen LogP contribution is -2.17. The Morgan fingerprint density at radius 3 is 2.71 bits per heavy atom. The third-order valence-corrected chi connectivity index (χ3v) is 5.34. The molecule has 0 amide bonds. The molecule has 1 saturated carbocycles. The highest BCUT2D eigenvalue weighted by Gasteiger charge is 2.34. The van der Waals surface area contributed by atoms with Gasteiger partial charge in [-0.15, -0.1) is 0 Å². The standard InChI is InChI=1S/C20H23N7O/c1-13(28)7-18(14-3-4-14)27-12-16(10-23-27)20-24-17(15-9-22-25(2)11-15)8-19-21-5-6-26(19)20/h5-6,8-14,18,28H,3-4,7H2,1-2H3. The van der Waals surface area contributed by atoms with Crippen molar-refractivity contribution in [1.29, 1.82) is 0 Å². The summed E-state index contributed by atoms with van der Waals surface area (Å²) in [6.45, 7) is 1.84. The maximum absolute atomic E-state index is 9.89. The van der Waals surface area contributed by atoms with Crippen LogP contribution in [0.5, 0.6) is 0 Å². The lowest BCUT2D eigenvalue weighted by molar-refractivity contribution is 0.151. The van der Waals surface area contributed by atoms with Gasteiger partial charge in [-0.05, 0) is 32.1 Å². The number of fused-ring (bicyclic) bond motifs is 1. The van der Waals surface area contributed by atoms with E-state index in [2.05, 4.69) is 15.2 Å². The summed E-state index contributed by atoms with van der Waals surface area (Å²) in [5.41, 5.74) is 3.55. The van der Waals surface area contributed by atoms with Crippen LogP contribution >= 0.6 is 0 Å². The summed E-state index contributed by atoms with van der Waals surface area (Å²) < 4.78 is 5.74. The van der Waals surface area contributed by atoms with E-state index in [1.165, 1.54) is 12.8 Å². The third kappa shape index (κ3) is 3.09. The molecule has 1 aliphatic rings. The van der Waals surface area contributed by atoms with Crippen LogP contribution in [0.4, 0.5) is 0 Å². The Balaban J connectivity index is 1.57. The largest absolute Gasteiger partial charge is 0.393 e. The molecular formula is C20H23N7O. The molecule has 1 aliphatic carbocycles. The second-order valence-corrected chi connectivity index (χ2v) is 7.72. The molecule has 4 aromatic heterocycles. The van der Waals surface area contributed by atoms with E-state index in [0.717, 1.165) is 34.7 Å². The fraction of sp³-hybridized carbons (Fsp3) is 0.400. The van der Waals surface area contributed by atoms with Crippen LogP contribution in [0.2, 0.25) is 0 Å². The van der Waals surface area contributed by atoms with Crippen LogP contribution in [0.1, 0.15) is 32.2 Å². The fourth-order valence-corrected chi connectivity index (χ4v) is 3.81. The number of hydrogen-bond donors (Lipinski definition) is 1. The maximum atomic E-state index is 9.89. The summed E-state index contributed by atoms with van der Waals surface area (Å²) in [5, 5.41) is 18.8. The topological polar surface area (TPSA) is 86.1 Å². The predicted molar refractivity (Wildman–Crippen MR) is 104 cm³/mol. The van der Waals surface area contributed by atoms with Gasteiger partial charge in [0.1, 0.15) is 11.5 Å². The highest BCUT2D eigenvalue weighted by atomic mass is 16.3. The molecule has 2 atom stereocenters. The molecule has 4 aromatic rings. The number of aryl methyl sites for hydroxylation is 1. The molecule has 28 heavy (non-hydrogen) atoms. The van der Waals surface area contributed by atoms with Crippen LogP contribution in [0.15, 0.2) is 43.2 Å². The molecule has 0 aliphatic heterocycles. The first-order valence-electron chi connectivity index (χ1n) is 9.64. The SMILES string of the molecule is CC(O)CC(C1CC1)n1cc(-c2nc(-c3cnn(C)c3)cc3nccn23)cn1. The highest BCUT2D eigenvalue weighted by molar-refractivity contribution is 5.68. The van der Waals surface area contributed by atoms with E-state index >= 15 is 0 Å². The summed E-state index contributed by atoms with van der Waals surface area (Å²) in [7, 11) is 1.89. The third-order valence-electron chi connectivity index (χ3n) is 5.34. The average Bonchev–Trinajstić information content (AvgIpc) is 3.07. The van der Waals surface area contributed by atoms with E-state index in [9.17, 15) is 5.11 Å². The summed E-state index contributed by atoms with van der Waals surface area (Å²) in [6.07, 6.45) is 14.1. The van der Waals surface area contributed by atoms with E-state index in [4.69, 9.17) is 4.98 Å². The van der Waals surface area contributed by atoms with Crippen molar-refractivity contribution < 1.29 is 5.11 Å². The molecule has 0 radical (unpaired) electrons. The Bertz CT molecular complexity index is 1120. The molecule has 1 fully saturated rings. The van der Waals surface area contributed by atoms with Gasteiger partial charge in [-0.25, -0.2) is 9.97 Å². The van der Waals surface area contributed by atoms with Gasteiger partial charge in [0, 0.05) is 43.5 Å². The molecule has 0 saturated heterocycles. The van der Waals surface area contributed by atoms with Crippen molar-refractivity contribution in [3.05, 3.63) is 43.2 Å². The fourth-order valence-electron chi connectivity index (χ4n) is 3.81. The Kier molecular flexibility index (Phi) is 4.01. The van der Waals surface area contributed by atoms with Crippen molar-refractivity contribution in [2.75, 3.05) is 0 Å². The first kappa shape index (κ1) is 17.1. The molecule has 0 bridgehead atoms. The summed E-state index contributed by atoms with van der Waals surface area (Å²) >= 11 is 0. The van der Waals surface area contributed by atoms with E-state index < -0.39 is 0 Å². The molecular weight excluding hydrogens is 354 g/mol. The van der Waals surface area contributed by atoms with Gasteiger partial charge in [0.15, 0.2) is 0 Å². The summed E-state index contributed by atoms with van der Waals surface area (Å²) in [6, 6.07) is 2.19. The lowest BCUT2D eigenvalue weighted by Gasteiger charge is -2.18. The predicted octanol–water partition coefficient (Wildman–Crippen LogP) is 2.72. The minimum atomic E-state index is -0.342. The van der Waals surface area contributed by atoms with Crippen molar-refractivity contribution >= 4 is 5.65 Å². The molecule has 1 N–H and O–H groups in total. The van der Waals surface area contributed by atoms with Crippen molar-refractivity contribution in [1.82, 2.24) is 33.9 Å². The van der Waals surface area contributed by atoms with Gasteiger partial charge in [-0.1, -0.05) is 0 Å². The number of nitrogens with zero attached hydrogens (tertiary/aromatic N) is 7. The second-order valence-electron chi connectivity index (χ2n) is 7.72. The Labute approximate surface area is 162 Å². The second kappa shape index (κ2) is 6.56. The molecule has 0 spiro atoms. The van der Waals surface area contributed by atoms with Gasteiger partial charge >= 0.3 is 0 Å². The smallest absolute Gasteiger partial charge is 0.149 e. The first-order valence-corrected chi connectivity index (χ1v) is 9.64. The minimum Gasteiger partial charge on any atom is -0.393 e. The van der Waals surface area contributed by atoms with E-state index in [1.54, 1.807) is 17.1 Å². The van der Waals surface area contributed by atoms with E-state index in [0.29, 0.717) is 5.92 Å². The van der Waals surface area contributed by atoms with Crippen LogP contribution in [0.3, 0.4) is 0 Å². The van der Waals surface area contributed by atoms with Gasteiger partial charge in [0.25, 0.3) is 0 Å². The number of imidazole rings is 1. The number of aliphatic hydroxyl groups excluding tert-OH is 1.